The Morgan fingerprint density at radius 3 is 2.19 bits per heavy atom. The Labute approximate surface area is 210 Å². The van der Waals surface area contributed by atoms with E-state index in [9.17, 15) is 4.79 Å². The first-order valence-corrected chi connectivity index (χ1v) is 13.4. The van der Waals surface area contributed by atoms with Crippen LogP contribution in [0.2, 0.25) is 0 Å². The summed E-state index contributed by atoms with van der Waals surface area (Å²) in [5.74, 6) is 1.12. The maximum Gasteiger partial charge on any atom is 0.169 e. The van der Waals surface area contributed by atoms with Gasteiger partial charge in [-0.25, -0.2) is 0 Å². The van der Waals surface area contributed by atoms with E-state index >= 15 is 0 Å². The van der Waals surface area contributed by atoms with Gasteiger partial charge in [0.1, 0.15) is 8.64 Å². The fraction of sp³-hybridized carbons (Fsp3) is 0.478. The molecule has 0 unspecified atom stereocenters. The highest BCUT2D eigenvalue weighted by atomic mass is 32.2. The van der Waals surface area contributed by atoms with Gasteiger partial charge >= 0.3 is 0 Å². The van der Waals surface area contributed by atoms with Crippen LogP contribution in [0.4, 0.5) is 5.69 Å². The van der Waals surface area contributed by atoms with Crippen LogP contribution in [-0.2, 0) is 0 Å². The number of carbonyl (C=O) groups excluding carboxylic acids is 1. The van der Waals surface area contributed by atoms with Crippen molar-refractivity contribution >= 4 is 79.0 Å². The van der Waals surface area contributed by atoms with E-state index in [2.05, 4.69) is 22.0 Å². The van der Waals surface area contributed by atoms with Gasteiger partial charge in [0.05, 0.1) is 5.52 Å². The molecule has 0 N–H and O–H groups in total. The van der Waals surface area contributed by atoms with Crippen LogP contribution in [0.5, 0.6) is 0 Å². The van der Waals surface area contributed by atoms with Crippen LogP contribution < -0.4 is 4.90 Å². The standard InChI is InChI=1S/C23H30N4OS4/c1-25(2)22(29)31-14-18(15-32-23(30)26(3)4)21(28)17-11-16-12-19(27-9-5-6-10-27)7-8-20(16)24-13-17/h7-8,11-13,18H,5-6,9-10,14-15H2,1-4H3. The number of pyridine rings is 1. The summed E-state index contributed by atoms with van der Waals surface area (Å²) in [6.07, 6.45) is 4.17. The van der Waals surface area contributed by atoms with Crippen molar-refractivity contribution in [2.24, 2.45) is 5.92 Å². The normalized spacial score (nSPS) is 13.6. The van der Waals surface area contributed by atoms with Crippen LogP contribution in [-0.4, -0.2) is 82.0 Å². The summed E-state index contributed by atoms with van der Waals surface area (Å²) in [6, 6.07) is 8.32. The minimum absolute atomic E-state index is 0.0917. The van der Waals surface area contributed by atoms with Gasteiger partial charge in [-0.3, -0.25) is 9.78 Å². The Balaban J connectivity index is 1.81. The quantitative estimate of drug-likeness (QED) is 0.389. The van der Waals surface area contributed by atoms with Crippen molar-refractivity contribution in [1.29, 1.82) is 0 Å². The maximum atomic E-state index is 13.5. The van der Waals surface area contributed by atoms with Crippen molar-refractivity contribution in [2.75, 3.05) is 57.7 Å². The summed E-state index contributed by atoms with van der Waals surface area (Å²) >= 11 is 13.9. The van der Waals surface area contributed by atoms with Crippen LogP contribution in [0.25, 0.3) is 10.9 Å². The predicted octanol–water partition coefficient (Wildman–Crippen LogP) is 4.79. The average Bonchev–Trinajstić information content (AvgIpc) is 3.32. The summed E-state index contributed by atoms with van der Waals surface area (Å²) in [5.41, 5.74) is 2.76. The molecule has 9 heteroatoms. The number of rotatable bonds is 7. The molecule has 0 saturated carbocycles. The Bertz CT molecular complexity index is 965. The number of fused-ring (bicyclic) bond motifs is 1. The largest absolute Gasteiger partial charge is 0.372 e. The van der Waals surface area contributed by atoms with Crippen LogP contribution in [0, 0.1) is 5.92 Å². The maximum absolute atomic E-state index is 13.5. The van der Waals surface area contributed by atoms with Gasteiger partial charge < -0.3 is 14.7 Å². The van der Waals surface area contributed by atoms with Crippen molar-refractivity contribution < 1.29 is 4.79 Å². The molecule has 1 aliphatic rings. The molecule has 2 heterocycles. The van der Waals surface area contributed by atoms with Gasteiger partial charge in [0.15, 0.2) is 5.78 Å². The molecule has 0 spiro atoms. The SMILES string of the molecule is CN(C)C(=S)SCC(CSC(=S)N(C)C)C(=O)c1cnc2ccc(N3CCCC3)cc2c1. The minimum atomic E-state index is -0.207. The number of hydrogen-bond acceptors (Lipinski definition) is 7. The molecule has 0 bridgehead atoms. The van der Waals surface area contributed by atoms with E-state index in [1.54, 1.807) is 6.20 Å². The fourth-order valence-corrected chi connectivity index (χ4v) is 5.76. The van der Waals surface area contributed by atoms with Gasteiger partial charge in [0.2, 0.25) is 0 Å². The number of thioether (sulfide) groups is 2. The van der Waals surface area contributed by atoms with E-state index < -0.39 is 0 Å². The zero-order valence-electron chi connectivity index (χ0n) is 19.0. The Hall–Kier alpha value is -1.42. The van der Waals surface area contributed by atoms with E-state index in [0.717, 1.165) is 32.6 Å². The smallest absolute Gasteiger partial charge is 0.169 e. The van der Waals surface area contributed by atoms with Crippen molar-refractivity contribution in [1.82, 2.24) is 14.8 Å². The van der Waals surface area contributed by atoms with E-state index in [0.29, 0.717) is 17.1 Å². The summed E-state index contributed by atoms with van der Waals surface area (Å²) in [7, 11) is 7.70. The summed E-state index contributed by atoms with van der Waals surface area (Å²) in [4.78, 5) is 24.3. The molecule has 3 rings (SSSR count). The van der Waals surface area contributed by atoms with Crippen molar-refractivity contribution in [3.05, 3.63) is 36.0 Å². The molecule has 0 aliphatic carbocycles. The van der Waals surface area contributed by atoms with E-state index in [4.69, 9.17) is 24.4 Å². The highest BCUT2D eigenvalue weighted by Crippen LogP contribution is 2.27. The number of hydrogen-bond donors (Lipinski definition) is 0. The molecular weight excluding hydrogens is 477 g/mol. The number of carbonyl (C=O) groups is 1. The van der Waals surface area contributed by atoms with Crippen LogP contribution in [0.3, 0.4) is 0 Å². The lowest BCUT2D eigenvalue weighted by Gasteiger charge is -2.20. The molecule has 1 aliphatic heterocycles. The van der Waals surface area contributed by atoms with E-state index in [-0.39, 0.29) is 11.7 Å². The zero-order chi connectivity index (χ0) is 23.3. The monoisotopic (exact) mass is 506 g/mol. The first kappa shape index (κ1) is 25.2. The molecule has 32 heavy (non-hydrogen) atoms. The molecule has 0 atom stereocenters. The van der Waals surface area contributed by atoms with Gasteiger partial charge in [-0.2, -0.15) is 0 Å². The highest BCUT2D eigenvalue weighted by molar-refractivity contribution is 8.23. The molecular formula is C23H30N4OS4. The fourth-order valence-electron chi connectivity index (χ4n) is 3.46. The zero-order valence-corrected chi connectivity index (χ0v) is 22.3. The summed E-state index contributed by atoms with van der Waals surface area (Å²) < 4.78 is 1.55. The van der Waals surface area contributed by atoms with Gasteiger partial charge in [-0.05, 0) is 37.1 Å². The molecule has 0 radical (unpaired) electrons. The highest BCUT2D eigenvalue weighted by Gasteiger charge is 2.23. The summed E-state index contributed by atoms with van der Waals surface area (Å²) in [5, 5.41) is 1.01. The number of ketones is 1. The number of aromatic nitrogens is 1. The third-order valence-corrected chi connectivity index (χ3v) is 9.14. The lowest BCUT2D eigenvalue weighted by Crippen LogP contribution is -2.25. The minimum Gasteiger partial charge on any atom is -0.372 e. The molecule has 0 amide bonds. The third-order valence-electron chi connectivity index (χ3n) is 5.34. The second-order valence-electron chi connectivity index (χ2n) is 8.30. The van der Waals surface area contributed by atoms with Gasteiger partial charge in [-0.1, -0.05) is 48.0 Å². The van der Waals surface area contributed by atoms with Crippen LogP contribution in [0.15, 0.2) is 30.5 Å². The second-order valence-corrected chi connectivity index (χ2v) is 11.6. The molecule has 1 aromatic heterocycles. The lowest BCUT2D eigenvalue weighted by atomic mass is 10.0. The van der Waals surface area contributed by atoms with Gasteiger partial charge in [0.25, 0.3) is 0 Å². The van der Waals surface area contributed by atoms with Crippen LogP contribution >= 0.6 is 48.0 Å². The van der Waals surface area contributed by atoms with Gasteiger partial charge in [-0.15, -0.1) is 0 Å². The Morgan fingerprint density at radius 1 is 1.03 bits per heavy atom. The van der Waals surface area contributed by atoms with Gasteiger partial charge in [0, 0.05) is 81.5 Å². The second kappa shape index (κ2) is 11.6. The molecule has 2 aromatic rings. The number of benzene rings is 1. The topological polar surface area (TPSA) is 39.7 Å². The molecule has 5 nitrogen and oxygen atoms in total. The first-order valence-electron chi connectivity index (χ1n) is 10.6. The predicted molar refractivity (Wildman–Crippen MR) is 148 cm³/mol. The van der Waals surface area contributed by atoms with Crippen molar-refractivity contribution in [3.63, 3.8) is 0 Å². The van der Waals surface area contributed by atoms with Crippen molar-refractivity contribution in [2.45, 2.75) is 12.8 Å². The lowest BCUT2D eigenvalue weighted by molar-refractivity contribution is 0.0944. The van der Waals surface area contributed by atoms with E-state index in [1.165, 1.54) is 42.1 Å². The Morgan fingerprint density at radius 2 is 1.62 bits per heavy atom. The molecule has 1 saturated heterocycles. The average molecular weight is 507 g/mol. The van der Waals surface area contributed by atoms with E-state index in [1.807, 2.05) is 50.1 Å². The summed E-state index contributed by atoms with van der Waals surface area (Å²) in [6.45, 7) is 2.18. The third kappa shape index (κ3) is 6.56. The number of thiocarbonyl (C=S) groups is 2. The number of Topliss-reactive ketones (excluding diaryl/α,β-unsaturated/α-hetero) is 1. The first-order chi connectivity index (χ1) is 15.3. The number of nitrogens with zero attached hydrogens (tertiary/aromatic N) is 4. The Kier molecular flexibility index (Phi) is 9.16. The molecule has 1 fully saturated rings. The molecule has 172 valence electrons. The van der Waals surface area contributed by atoms with Crippen LogP contribution in [0.1, 0.15) is 23.2 Å². The van der Waals surface area contributed by atoms with Crippen molar-refractivity contribution in [3.8, 4) is 0 Å². The molecule has 1 aromatic carbocycles. The number of anilines is 1.